The molecule has 0 saturated heterocycles. The summed E-state index contributed by atoms with van der Waals surface area (Å²) in [4.78, 5) is 0. The predicted molar refractivity (Wildman–Crippen MR) is 177 cm³/mol. The van der Waals surface area contributed by atoms with E-state index in [9.17, 15) is 0 Å². The predicted octanol–water partition coefficient (Wildman–Crippen LogP) is 11.5. The van der Waals surface area contributed by atoms with Crippen molar-refractivity contribution in [2.75, 3.05) is 5.32 Å². The summed E-state index contributed by atoms with van der Waals surface area (Å²) in [5, 5.41) is 8.39. The maximum absolute atomic E-state index is 6.26. The van der Waals surface area contributed by atoms with E-state index >= 15 is 0 Å². The summed E-state index contributed by atoms with van der Waals surface area (Å²) in [5.41, 5.74) is 11.1. The quantitative estimate of drug-likeness (QED) is 0.236. The maximum Gasteiger partial charge on any atom is 0.143 e. The molecule has 198 valence electrons. The van der Waals surface area contributed by atoms with E-state index in [1.807, 2.05) is 12.1 Å². The summed E-state index contributed by atoms with van der Waals surface area (Å²) < 4.78 is 6.26. The first-order chi connectivity index (χ1) is 20.8. The summed E-state index contributed by atoms with van der Waals surface area (Å²) in [7, 11) is 0. The number of nitrogens with one attached hydrogen (secondary N) is 1. The largest absolute Gasteiger partial charge is 0.455 e. The summed E-state index contributed by atoms with van der Waals surface area (Å²) in [6.07, 6.45) is 0. The van der Waals surface area contributed by atoms with Crippen molar-refractivity contribution in [3.8, 4) is 33.4 Å². The van der Waals surface area contributed by atoms with E-state index in [2.05, 4.69) is 151 Å². The molecule has 0 amide bonds. The minimum Gasteiger partial charge on any atom is -0.455 e. The molecule has 1 heterocycles. The minimum atomic E-state index is 0.918. The molecule has 1 aromatic heterocycles. The van der Waals surface area contributed by atoms with E-state index in [-0.39, 0.29) is 0 Å². The van der Waals surface area contributed by atoms with Crippen LogP contribution < -0.4 is 5.32 Å². The van der Waals surface area contributed by atoms with Crippen molar-refractivity contribution in [3.63, 3.8) is 0 Å². The Morgan fingerprint density at radius 3 is 1.60 bits per heavy atom. The molecule has 2 nitrogen and oxygen atoms in total. The van der Waals surface area contributed by atoms with Crippen molar-refractivity contribution in [1.82, 2.24) is 0 Å². The highest BCUT2D eigenvalue weighted by Crippen LogP contribution is 2.38. The van der Waals surface area contributed by atoms with Gasteiger partial charge in [0.15, 0.2) is 0 Å². The summed E-state index contributed by atoms with van der Waals surface area (Å²) in [6.45, 7) is 0. The lowest BCUT2D eigenvalue weighted by Crippen LogP contribution is -1.91. The van der Waals surface area contributed by atoms with Gasteiger partial charge in [0.25, 0.3) is 0 Å². The molecular weight excluding hydrogens is 510 g/mol. The van der Waals surface area contributed by atoms with E-state index in [4.69, 9.17) is 4.42 Å². The second-order valence-electron chi connectivity index (χ2n) is 10.6. The third kappa shape index (κ3) is 4.22. The Morgan fingerprint density at radius 1 is 0.381 bits per heavy atom. The fourth-order valence-electron chi connectivity index (χ4n) is 6.05. The minimum absolute atomic E-state index is 0.918. The molecule has 8 rings (SSSR count). The average Bonchev–Trinajstić information content (AvgIpc) is 3.44. The number of rotatable bonds is 5. The number of para-hydroxylation sites is 2. The van der Waals surface area contributed by atoms with Crippen LogP contribution in [0.1, 0.15) is 0 Å². The van der Waals surface area contributed by atoms with E-state index in [1.165, 1.54) is 33.0 Å². The highest BCUT2D eigenvalue weighted by molar-refractivity contribution is 6.09. The van der Waals surface area contributed by atoms with Crippen molar-refractivity contribution in [1.29, 1.82) is 0 Å². The molecule has 0 aliphatic heterocycles. The van der Waals surface area contributed by atoms with Crippen LogP contribution in [0.2, 0.25) is 0 Å². The van der Waals surface area contributed by atoms with Crippen LogP contribution in [0.25, 0.3) is 66.1 Å². The zero-order valence-corrected chi connectivity index (χ0v) is 22.9. The molecule has 7 aromatic carbocycles. The number of benzene rings is 7. The van der Waals surface area contributed by atoms with Gasteiger partial charge in [0.1, 0.15) is 11.2 Å². The lowest BCUT2D eigenvalue weighted by Gasteiger charge is -2.13. The van der Waals surface area contributed by atoms with Gasteiger partial charge in [-0.3, -0.25) is 0 Å². The molecule has 0 atom stereocenters. The maximum atomic E-state index is 6.26. The highest BCUT2D eigenvalue weighted by Gasteiger charge is 2.12. The summed E-state index contributed by atoms with van der Waals surface area (Å²) in [5.74, 6) is 0. The molecule has 0 saturated carbocycles. The van der Waals surface area contributed by atoms with Crippen LogP contribution in [0.15, 0.2) is 162 Å². The monoisotopic (exact) mass is 537 g/mol. The fourth-order valence-corrected chi connectivity index (χ4v) is 6.05. The van der Waals surface area contributed by atoms with Gasteiger partial charge in [0.05, 0.1) is 0 Å². The van der Waals surface area contributed by atoms with Crippen LogP contribution in [-0.2, 0) is 0 Å². The number of fused-ring (bicyclic) bond motifs is 4. The van der Waals surface area contributed by atoms with Gasteiger partial charge in [-0.25, -0.2) is 0 Å². The van der Waals surface area contributed by atoms with Gasteiger partial charge in [-0.2, -0.15) is 0 Å². The molecule has 0 fully saturated rings. The third-order valence-electron chi connectivity index (χ3n) is 8.07. The first kappa shape index (κ1) is 24.2. The smallest absolute Gasteiger partial charge is 0.143 e. The Bertz CT molecular complexity index is 2190. The second kappa shape index (κ2) is 10.1. The van der Waals surface area contributed by atoms with E-state index in [0.717, 1.165) is 44.4 Å². The van der Waals surface area contributed by atoms with Crippen LogP contribution in [0.4, 0.5) is 11.4 Å². The van der Waals surface area contributed by atoms with Crippen molar-refractivity contribution >= 4 is 44.1 Å². The molecule has 0 aliphatic rings. The van der Waals surface area contributed by atoms with Crippen LogP contribution >= 0.6 is 0 Å². The number of anilines is 2. The Balaban J connectivity index is 1.08. The van der Waals surface area contributed by atoms with Gasteiger partial charge in [0.2, 0.25) is 0 Å². The summed E-state index contributed by atoms with van der Waals surface area (Å²) in [6, 6.07) is 55.6. The highest BCUT2D eigenvalue weighted by atomic mass is 16.3. The van der Waals surface area contributed by atoms with E-state index in [0.29, 0.717) is 0 Å². The SMILES string of the molecule is c1ccc(-c2cccc3cccc(-c4ccc(Nc5ccc(-c6cccc7c6oc6ccccc67)cc5)cc4)c23)cc1. The van der Waals surface area contributed by atoms with Crippen LogP contribution in [-0.4, -0.2) is 0 Å². The zero-order valence-electron chi connectivity index (χ0n) is 22.9. The second-order valence-corrected chi connectivity index (χ2v) is 10.6. The van der Waals surface area contributed by atoms with Gasteiger partial charge < -0.3 is 9.73 Å². The molecule has 0 unspecified atom stereocenters. The Hall–Kier alpha value is -5.60. The molecule has 2 heteroatoms. The van der Waals surface area contributed by atoms with Gasteiger partial charge in [-0.15, -0.1) is 0 Å². The summed E-state index contributed by atoms with van der Waals surface area (Å²) >= 11 is 0. The third-order valence-corrected chi connectivity index (χ3v) is 8.07. The van der Waals surface area contributed by atoms with Crippen molar-refractivity contribution < 1.29 is 4.42 Å². The Kier molecular flexibility index (Phi) is 5.82. The van der Waals surface area contributed by atoms with Gasteiger partial charge in [-0.05, 0) is 68.9 Å². The van der Waals surface area contributed by atoms with Gasteiger partial charge >= 0.3 is 0 Å². The Morgan fingerprint density at radius 2 is 0.905 bits per heavy atom. The van der Waals surface area contributed by atoms with Crippen LogP contribution in [0.5, 0.6) is 0 Å². The molecule has 8 aromatic rings. The van der Waals surface area contributed by atoms with E-state index < -0.39 is 0 Å². The lowest BCUT2D eigenvalue weighted by molar-refractivity contribution is 0.670. The standard InChI is InChI=1S/C40H27NO/c1-2-9-27(10-3-1)33-14-6-11-30-12-7-15-34(39(30)33)28-19-23-31(24-20-28)41-32-25-21-29(22-26-32)35-16-8-17-37-36-13-4-5-18-38(36)42-40(35)37/h1-26,41H. The first-order valence-corrected chi connectivity index (χ1v) is 14.3. The van der Waals surface area contributed by atoms with Crippen molar-refractivity contribution in [3.05, 3.63) is 158 Å². The molecule has 0 radical (unpaired) electrons. The van der Waals surface area contributed by atoms with Crippen molar-refractivity contribution in [2.45, 2.75) is 0 Å². The Labute approximate surface area is 244 Å². The number of hydrogen-bond donors (Lipinski definition) is 1. The molecular formula is C40H27NO. The topological polar surface area (TPSA) is 25.2 Å². The molecule has 42 heavy (non-hydrogen) atoms. The molecule has 0 spiro atoms. The van der Waals surface area contributed by atoms with Crippen LogP contribution in [0, 0.1) is 0 Å². The van der Waals surface area contributed by atoms with Gasteiger partial charge in [0, 0.05) is 27.7 Å². The zero-order chi connectivity index (χ0) is 27.9. The van der Waals surface area contributed by atoms with Gasteiger partial charge in [-0.1, -0.05) is 127 Å². The number of hydrogen-bond acceptors (Lipinski definition) is 2. The number of furan rings is 1. The van der Waals surface area contributed by atoms with Crippen molar-refractivity contribution in [2.24, 2.45) is 0 Å². The normalized spacial score (nSPS) is 11.3. The van der Waals surface area contributed by atoms with E-state index in [1.54, 1.807) is 0 Å². The lowest BCUT2D eigenvalue weighted by atomic mass is 9.91. The fraction of sp³-hybridized carbons (Fsp3) is 0. The molecule has 1 N–H and O–H groups in total. The molecule has 0 bridgehead atoms. The first-order valence-electron chi connectivity index (χ1n) is 14.3. The van der Waals surface area contributed by atoms with Crippen LogP contribution in [0.3, 0.4) is 0 Å². The average molecular weight is 538 g/mol. The molecule has 0 aliphatic carbocycles.